The minimum absolute atomic E-state index is 0.329. The molecule has 0 bridgehead atoms. The van der Waals surface area contributed by atoms with Crippen LogP contribution in [-0.2, 0) is 9.53 Å². The van der Waals surface area contributed by atoms with Gasteiger partial charge in [0.2, 0.25) is 5.78 Å². The number of carbonyl (C=O) groups excluding carboxylic acids is 3. The zero-order valence-corrected chi connectivity index (χ0v) is 16.5. The van der Waals surface area contributed by atoms with Crippen molar-refractivity contribution < 1.29 is 23.9 Å². The van der Waals surface area contributed by atoms with Crippen molar-refractivity contribution >= 4 is 17.7 Å². The summed E-state index contributed by atoms with van der Waals surface area (Å²) in [6.07, 6.45) is 0. The van der Waals surface area contributed by atoms with Crippen LogP contribution in [-0.4, -0.2) is 37.9 Å². The number of carbonyl (C=O) groups is 3. The summed E-state index contributed by atoms with van der Waals surface area (Å²) in [6.45, 7) is -0.765. The van der Waals surface area contributed by atoms with Crippen molar-refractivity contribution in [2.45, 2.75) is 0 Å². The van der Waals surface area contributed by atoms with Gasteiger partial charge in [-0.3, -0.25) is 14.4 Å². The highest BCUT2D eigenvalue weighted by Crippen LogP contribution is 2.19. The molecule has 0 aliphatic carbocycles. The standard InChI is InChI=1S/C24H21NO5/c1-29-22-10-6-5-9-20(22)21(26)16-30-23(27)15-25-24(28)19-13-11-18(12-14-19)17-7-3-2-4-8-17/h2-14H,15-16H2,1H3,(H,25,28). The van der Waals surface area contributed by atoms with E-state index >= 15 is 0 Å². The van der Waals surface area contributed by atoms with Crippen molar-refractivity contribution in [3.8, 4) is 16.9 Å². The molecule has 152 valence electrons. The average Bonchev–Trinajstić information content (AvgIpc) is 2.81. The summed E-state index contributed by atoms with van der Waals surface area (Å²) in [7, 11) is 1.46. The molecule has 0 aliphatic rings. The van der Waals surface area contributed by atoms with Crippen LogP contribution < -0.4 is 10.1 Å². The molecule has 3 rings (SSSR count). The zero-order chi connectivity index (χ0) is 21.3. The minimum atomic E-state index is -0.701. The highest BCUT2D eigenvalue weighted by atomic mass is 16.5. The third kappa shape index (κ3) is 5.32. The number of hydrogen-bond donors (Lipinski definition) is 1. The summed E-state index contributed by atoms with van der Waals surface area (Å²) in [6, 6.07) is 23.5. The highest BCUT2D eigenvalue weighted by molar-refractivity contribution is 6.00. The molecule has 0 spiro atoms. The summed E-state index contributed by atoms with van der Waals surface area (Å²) in [5.74, 6) is -1.08. The Kier molecular flexibility index (Phi) is 6.95. The smallest absolute Gasteiger partial charge is 0.325 e. The van der Waals surface area contributed by atoms with E-state index in [1.807, 2.05) is 42.5 Å². The Bertz CT molecular complexity index is 1030. The van der Waals surface area contributed by atoms with E-state index in [2.05, 4.69) is 5.32 Å². The van der Waals surface area contributed by atoms with Gasteiger partial charge in [-0.2, -0.15) is 0 Å². The first kappa shape index (κ1) is 20.8. The maximum absolute atomic E-state index is 12.2. The molecular weight excluding hydrogens is 382 g/mol. The van der Waals surface area contributed by atoms with E-state index < -0.39 is 18.5 Å². The molecule has 0 heterocycles. The van der Waals surface area contributed by atoms with E-state index in [4.69, 9.17) is 9.47 Å². The number of ketones is 1. The highest BCUT2D eigenvalue weighted by Gasteiger charge is 2.15. The topological polar surface area (TPSA) is 81.7 Å². The molecule has 3 aromatic rings. The summed E-state index contributed by atoms with van der Waals surface area (Å²) in [4.78, 5) is 36.3. The predicted octanol–water partition coefficient (Wildman–Crippen LogP) is 3.52. The van der Waals surface area contributed by atoms with Gasteiger partial charge in [0.1, 0.15) is 12.3 Å². The molecule has 0 unspecified atom stereocenters. The molecule has 1 amide bonds. The van der Waals surface area contributed by atoms with Crippen LogP contribution in [0.3, 0.4) is 0 Å². The van der Waals surface area contributed by atoms with Gasteiger partial charge >= 0.3 is 5.97 Å². The van der Waals surface area contributed by atoms with Gasteiger partial charge < -0.3 is 14.8 Å². The van der Waals surface area contributed by atoms with Gasteiger partial charge in [0.15, 0.2) is 6.61 Å². The Hall–Kier alpha value is -3.93. The Morgan fingerprint density at radius 3 is 2.13 bits per heavy atom. The Labute approximate surface area is 174 Å². The molecule has 0 saturated heterocycles. The van der Waals surface area contributed by atoms with Crippen LogP contribution in [0.25, 0.3) is 11.1 Å². The lowest BCUT2D eigenvalue weighted by molar-refractivity contribution is -0.141. The molecule has 0 atom stereocenters. The number of ether oxygens (including phenoxy) is 2. The SMILES string of the molecule is COc1ccccc1C(=O)COC(=O)CNC(=O)c1ccc(-c2ccccc2)cc1. The number of amides is 1. The second-order valence-corrected chi connectivity index (χ2v) is 6.41. The summed E-state index contributed by atoms with van der Waals surface area (Å²) >= 11 is 0. The van der Waals surface area contributed by atoms with Gasteiger partial charge in [-0.25, -0.2) is 0 Å². The lowest BCUT2D eigenvalue weighted by Gasteiger charge is -2.09. The number of rotatable bonds is 8. The Morgan fingerprint density at radius 2 is 1.43 bits per heavy atom. The first-order valence-corrected chi connectivity index (χ1v) is 9.34. The van der Waals surface area contributed by atoms with E-state index in [1.165, 1.54) is 7.11 Å². The maximum atomic E-state index is 12.2. The van der Waals surface area contributed by atoms with Gasteiger partial charge in [-0.15, -0.1) is 0 Å². The van der Waals surface area contributed by atoms with Gasteiger partial charge in [-0.05, 0) is 35.4 Å². The fourth-order valence-corrected chi connectivity index (χ4v) is 2.85. The van der Waals surface area contributed by atoms with Gasteiger partial charge in [0.05, 0.1) is 12.7 Å². The second-order valence-electron chi connectivity index (χ2n) is 6.41. The summed E-state index contributed by atoms with van der Waals surface area (Å²) in [5.41, 5.74) is 2.79. The van der Waals surface area contributed by atoms with E-state index in [-0.39, 0.29) is 12.3 Å². The van der Waals surface area contributed by atoms with E-state index in [0.29, 0.717) is 16.9 Å². The fraction of sp³-hybridized carbons (Fsp3) is 0.125. The molecule has 0 saturated carbocycles. The average molecular weight is 403 g/mol. The first-order chi connectivity index (χ1) is 14.6. The fourth-order valence-electron chi connectivity index (χ4n) is 2.85. The van der Waals surface area contributed by atoms with Gasteiger partial charge in [0, 0.05) is 5.56 Å². The summed E-state index contributed by atoms with van der Waals surface area (Å²) < 4.78 is 10.1. The number of Topliss-reactive ketones (excluding diaryl/α,β-unsaturated/α-hetero) is 1. The predicted molar refractivity (Wildman–Crippen MR) is 112 cm³/mol. The number of methoxy groups -OCH3 is 1. The van der Waals surface area contributed by atoms with Crippen LogP contribution in [0.2, 0.25) is 0 Å². The van der Waals surface area contributed by atoms with E-state index in [1.54, 1.807) is 36.4 Å². The van der Waals surface area contributed by atoms with Gasteiger partial charge in [0.25, 0.3) is 5.91 Å². The van der Waals surface area contributed by atoms with Crippen molar-refractivity contribution in [3.05, 3.63) is 90.0 Å². The quantitative estimate of drug-likeness (QED) is 0.460. The normalized spacial score (nSPS) is 10.2. The molecule has 3 aromatic carbocycles. The van der Waals surface area contributed by atoms with Crippen molar-refractivity contribution in [2.75, 3.05) is 20.3 Å². The maximum Gasteiger partial charge on any atom is 0.325 e. The number of nitrogens with one attached hydrogen (secondary N) is 1. The van der Waals surface area contributed by atoms with Crippen molar-refractivity contribution in [2.24, 2.45) is 0 Å². The van der Waals surface area contributed by atoms with Crippen LogP contribution in [0.4, 0.5) is 0 Å². The molecule has 0 aliphatic heterocycles. The van der Waals surface area contributed by atoms with Crippen LogP contribution in [0.15, 0.2) is 78.9 Å². The molecule has 0 aromatic heterocycles. The largest absolute Gasteiger partial charge is 0.496 e. The number of esters is 1. The minimum Gasteiger partial charge on any atom is -0.496 e. The molecular formula is C24H21NO5. The Morgan fingerprint density at radius 1 is 0.800 bits per heavy atom. The monoisotopic (exact) mass is 403 g/mol. The van der Waals surface area contributed by atoms with Crippen molar-refractivity contribution in [1.82, 2.24) is 5.32 Å². The zero-order valence-electron chi connectivity index (χ0n) is 16.5. The second kappa shape index (κ2) is 10.0. The number of benzene rings is 3. The first-order valence-electron chi connectivity index (χ1n) is 9.34. The molecule has 6 heteroatoms. The van der Waals surface area contributed by atoms with E-state index in [9.17, 15) is 14.4 Å². The molecule has 6 nitrogen and oxygen atoms in total. The number of para-hydroxylation sites is 1. The third-order valence-corrected chi connectivity index (χ3v) is 4.42. The third-order valence-electron chi connectivity index (χ3n) is 4.42. The molecule has 0 fully saturated rings. The molecule has 30 heavy (non-hydrogen) atoms. The van der Waals surface area contributed by atoms with E-state index in [0.717, 1.165) is 11.1 Å². The lowest BCUT2D eigenvalue weighted by Crippen LogP contribution is -2.31. The van der Waals surface area contributed by atoms with Crippen molar-refractivity contribution in [1.29, 1.82) is 0 Å². The van der Waals surface area contributed by atoms with Crippen LogP contribution >= 0.6 is 0 Å². The van der Waals surface area contributed by atoms with Gasteiger partial charge in [-0.1, -0.05) is 54.6 Å². The molecule has 0 radical (unpaired) electrons. The van der Waals surface area contributed by atoms with Crippen molar-refractivity contribution in [3.63, 3.8) is 0 Å². The number of hydrogen-bond acceptors (Lipinski definition) is 5. The molecule has 1 N–H and O–H groups in total. The summed E-state index contributed by atoms with van der Waals surface area (Å²) in [5, 5.41) is 2.49. The lowest BCUT2D eigenvalue weighted by atomic mass is 10.0. The van der Waals surface area contributed by atoms with Crippen LogP contribution in [0.1, 0.15) is 20.7 Å². The van der Waals surface area contributed by atoms with Crippen LogP contribution in [0.5, 0.6) is 5.75 Å². The van der Waals surface area contributed by atoms with Crippen LogP contribution in [0, 0.1) is 0 Å². The Balaban J connectivity index is 1.48.